The van der Waals surface area contributed by atoms with Crippen molar-refractivity contribution in [3.8, 4) is 0 Å². The predicted molar refractivity (Wildman–Crippen MR) is 344 cm³/mol. The second-order valence-electron chi connectivity index (χ2n) is 24.9. The van der Waals surface area contributed by atoms with Gasteiger partial charge in [-0.2, -0.15) is 0 Å². The Morgan fingerprint density at radius 2 is 0.418 bits per heavy atom. The minimum absolute atomic E-state index is 0.0641. The van der Waals surface area contributed by atoms with E-state index in [-0.39, 0.29) is 31.1 Å². The van der Waals surface area contributed by atoms with Crippen LogP contribution in [0.25, 0.3) is 0 Å². The van der Waals surface area contributed by atoms with E-state index in [9.17, 15) is 14.4 Å². The lowest BCUT2D eigenvalue weighted by Gasteiger charge is -2.18. The van der Waals surface area contributed by atoms with E-state index in [1.807, 2.05) is 0 Å². The Morgan fingerprint density at radius 3 is 0.633 bits per heavy atom. The molecule has 0 aliphatic rings. The van der Waals surface area contributed by atoms with Crippen LogP contribution in [-0.4, -0.2) is 37.2 Å². The third-order valence-electron chi connectivity index (χ3n) is 16.8. The number of ether oxygens (including phenoxy) is 3. The lowest BCUT2D eigenvalue weighted by molar-refractivity contribution is -0.167. The number of carbonyl (C=O) groups is 3. The van der Waals surface area contributed by atoms with Gasteiger partial charge in [0.25, 0.3) is 0 Å². The first-order valence-electron chi connectivity index (χ1n) is 36.2. The zero-order valence-corrected chi connectivity index (χ0v) is 53.9. The summed E-state index contributed by atoms with van der Waals surface area (Å²) in [6, 6.07) is 0. The third-order valence-corrected chi connectivity index (χ3v) is 16.8. The molecule has 79 heavy (non-hydrogen) atoms. The second kappa shape index (κ2) is 68.6. The number of hydrogen-bond acceptors (Lipinski definition) is 6. The first-order chi connectivity index (χ1) is 39.0. The van der Waals surface area contributed by atoms with Gasteiger partial charge in [0.1, 0.15) is 13.2 Å². The van der Waals surface area contributed by atoms with E-state index in [0.717, 1.165) is 57.8 Å². The summed E-state index contributed by atoms with van der Waals surface area (Å²) in [5, 5.41) is 0. The molecular formula is C73H140O6. The Bertz CT molecular complexity index is 1230. The van der Waals surface area contributed by atoms with Crippen molar-refractivity contribution < 1.29 is 28.6 Å². The fourth-order valence-corrected chi connectivity index (χ4v) is 11.3. The zero-order chi connectivity index (χ0) is 57.1. The molecule has 0 fully saturated rings. The highest BCUT2D eigenvalue weighted by Gasteiger charge is 2.19. The maximum atomic E-state index is 13.0. The van der Waals surface area contributed by atoms with Gasteiger partial charge in [-0.15, -0.1) is 0 Å². The molecule has 0 radical (unpaired) electrons. The van der Waals surface area contributed by atoms with Crippen LogP contribution in [0.1, 0.15) is 419 Å². The van der Waals surface area contributed by atoms with Gasteiger partial charge in [0.15, 0.2) is 6.10 Å². The molecule has 0 bridgehead atoms. The summed E-state index contributed by atoms with van der Waals surface area (Å²) >= 11 is 0. The molecule has 0 aliphatic heterocycles. The van der Waals surface area contributed by atoms with E-state index >= 15 is 0 Å². The largest absolute Gasteiger partial charge is 0.462 e. The van der Waals surface area contributed by atoms with E-state index in [2.05, 4.69) is 32.9 Å². The fourth-order valence-electron chi connectivity index (χ4n) is 11.3. The lowest BCUT2D eigenvalue weighted by Crippen LogP contribution is -2.30. The van der Waals surface area contributed by atoms with E-state index in [1.165, 1.54) is 321 Å². The van der Waals surface area contributed by atoms with E-state index in [0.29, 0.717) is 19.3 Å². The Morgan fingerprint density at radius 1 is 0.241 bits per heavy atom. The predicted octanol–water partition coefficient (Wildman–Crippen LogP) is 24.8. The molecule has 0 N–H and O–H groups in total. The summed E-state index contributed by atoms with van der Waals surface area (Å²) in [5.74, 6) is -0.830. The smallest absolute Gasteiger partial charge is 0.306 e. The average Bonchev–Trinajstić information content (AvgIpc) is 3.45. The molecule has 0 aromatic heterocycles. The van der Waals surface area contributed by atoms with Crippen molar-refractivity contribution >= 4 is 17.9 Å². The highest BCUT2D eigenvalue weighted by atomic mass is 16.6. The Hall–Kier alpha value is -1.85. The van der Waals surface area contributed by atoms with Crippen molar-refractivity contribution in [2.75, 3.05) is 13.2 Å². The second-order valence-corrected chi connectivity index (χ2v) is 24.9. The molecule has 0 aliphatic carbocycles. The van der Waals surface area contributed by atoms with Gasteiger partial charge in [-0.05, 0) is 44.9 Å². The van der Waals surface area contributed by atoms with Gasteiger partial charge in [-0.1, -0.05) is 367 Å². The molecule has 1 unspecified atom stereocenters. The van der Waals surface area contributed by atoms with Gasteiger partial charge in [0, 0.05) is 19.3 Å². The van der Waals surface area contributed by atoms with Crippen LogP contribution in [0.4, 0.5) is 0 Å². The Kier molecular flexibility index (Phi) is 67.0. The van der Waals surface area contributed by atoms with E-state index in [1.54, 1.807) is 0 Å². The van der Waals surface area contributed by atoms with Crippen LogP contribution in [0.2, 0.25) is 0 Å². The summed E-state index contributed by atoms with van der Waals surface area (Å²) in [4.78, 5) is 38.5. The minimum Gasteiger partial charge on any atom is -0.462 e. The van der Waals surface area contributed by atoms with Crippen molar-refractivity contribution in [2.24, 2.45) is 0 Å². The van der Waals surface area contributed by atoms with Crippen LogP contribution in [0.5, 0.6) is 0 Å². The van der Waals surface area contributed by atoms with Gasteiger partial charge in [0.2, 0.25) is 0 Å². The molecule has 0 aromatic carbocycles. The molecule has 0 saturated heterocycles. The first-order valence-corrected chi connectivity index (χ1v) is 36.2. The number of allylic oxidation sites excluding steroid dienone is 2. The molecule has 6 nitrogen and oxygen atoms in total. The molecule has 468 valence electrons. The highest BCUT2D eigenvalue weighted by Crippen LogP contribution is 2.19. The quantitative estimate of drug-likeness (QED) is 0.0261. The summed E-state index contributed by atoms with van der Waals surface area (Å²) in [6.45, 7) is 6.74. The van der Waals surface area contributed by atoms with Gasteiger partial charge in [0.05, 0.1) is 0 Å². The molecule has 1 atom stereocenters. The molecular weight excluding hydrogens is 973 g/mol. The molecule has 0 aromatic rings. The number of rotatable bonds is 68. The fraction of sp³-hybridized carbons (Fsp3) is 0.932. The number of unbranched alkanes of at least 4 members (excludes halogenated alkanes) is 55. The zero-order valence-electron chi connectivity index (χ0n) is 53.9. The summed E-state index contributed by atoms with van der Waals surface area (Å²) < 4.78 is 17.0. The van der Waals surface area contributed by atoms with Gasteiger partial charge >= 0.3 is 17.9 Å². The Balaban J connectivity index is 4.26. The number of carbonyl (C=O) groups excluding carboxylic acids is 3. The summed E-state index contributed by atoms with van der Waals surface area (Å²) in [5.41, 5.74) is 0. The summed E-state index contributed by atoms with van der Waals surface area (Å²) in [7, 11) is 0. The van der Waals surface area contributed by atoms with E-state index in [4.69, 9.17) is 14.2 Å². The number of hydrogen-bond donors (Lipinski definition) is 0. The van der Waals surface area contributed by atoms with Crippen LogP contribution >= 0.6 is 0 Å². The monoisotopic (exact) mass is 1110 g/mol. The van der Waals surface area contributed by atoms with Gasteiger partial charge in [-0.25, -0.2) is 0 Å². The van der Waals surface area contributed by atoms with Crippen LogP contribution in [0, 0.1) is 0 Å². The van der Waals surface area contributed by atoms with Gasteiger partial charge in [-0.3, -0.25) is 14.4 Å². The third kappa shape index (κ3) is 66.8. The van der Waals surface area contributed by atoms with Crippen LogP contribution in [0.15, 0.2) is 12.2 Å². The SMILES string of the molecule is CCCCCCCCC/C=C\CCCCCCCCCC(=O)OCC(COC(=O)CCCCCCCCCCCCCCCCCCCCCCCCCC)OC(=O)CCCCCCCCCCCCCCCCCCCCC. The molecule has 0 spiro atoms. The van der Waals surface area contributed by atoms with E-state index < -0.39 is 6.10 Å². The molecule has 0 rings (SSSR count). The molecule has 6 heteroatoms. The lowest BCUT2D eigenvalue weighted by atomic mass is 10.0. The minimum atomic E-state index is -0.768. The van der Waals surface area contributed by atoms with Gasteiger partial charge < -0.3 is 14.2 Å². The van der Waals surface area contributed by atoms with Crippen molar-refractivity contribution in [1.82, 2.24) is 0 Å². The van der Waals surface area contributed by atoms with Crippen LogP contribution in [0.3, 0.4) is 0 Å². The Labute approximate surface area is 494 Å². The van der Waals surface area contributed by atoms with Crippen molar-refractivity contribution in [3.63, 3.8) is 0 Å². The van der Waals surface area contributed by atoms with Crippen LogP contribution < -0.4 is 0 Å². The van der Waals surface area contributed by atoms with Crippen LogP contribution in [-0.2, 0) is 28.6 Å². The number of esters is 3. The summed E-state index contributed by atoms with van der Waals surface area (Å²) in [6.07, 6.45) is 82.4. The molecule has 0 heterocycles. The standard InChI is InChI=1S/C73H140O6/c1-4-7-10-13-16-19-22-25-28-31-34-35-36-37-38-40-42-45-48-51-54-57-60-63-66-72(75)78-69-70(68-77-71(74)65-62-59-56-53-50-47-44-41-33-30-27-24-21-18-15-12-9-6-3)79-73(76)67-64-61-58-55-52-49-46-43-39-32-29-26-23-20-17-14-11-8-5-2/h30,33,70H,4-29,31-32,34-69H2,1-3H3/b33-30-. The first kappa shape index (κ1) is 77.2. The van der Waals surface area contributed by atoms with Crippen molar-refractivity contribution in [2.45, 2.75) is 425 Å². The average molecular weight is 1110 g/mol. The molecule has 0 saturated carbocycles. The maximum absolute atomic E-state index is 13.0. The maximum Gasteiger partial charge on any atom is 0.306 e. The van der Waals surface area contributed by atoms with Crippen molar-refractivity contribution in [1.29, 1.82) is 0 Å². The molecule has 0 amide bonds. The normalized spacial score (nSPS) is 12.0. The van der Waals surface area contributed by atoms with Crippen molar-refractivity contribution in [3.05, 3.63) is 12.2 Å². The topological polar surface area (TPSA) is 78.9 Å². The highest BCUT2D eigenvalue weighted by molar-refractivity contribution is 5.71.